The Morgan fingerprint density at radius 3 is 2.26 bits per heavy atom. The third-order valence-corrected chi connectivity index (χ3v) is 6.06. The van der Waals surface area contributed by atoms with Gasteiger partial charge in [0.15, 0.2) is 0 Å². The van der Waals surface area contributed by atoms with E-state index in [1.807, 2.05) is 78.9 Å². The molecule has 0 bridgehead atoms. The van der Waals surface area contributed by atoms with E-state index in [9.17, 15) is 9.59 Å². The molecule has 1 aliphatic heterocycles. The lowest BCUT2D eigenvalue weighted by Gasteiger charge is -2.19. The van der Waals surface area contributed by atoms with Crippen LogP contribution in [0, 0.1) is 0 Å². The molecule has 0 aromatic heterocycles. The topological polar surface area (TPSA) is 55.8 Å². The van der Waals surface area contributed by atoms with Gasteiger partial charge in [0.05, 0.1) is 18.3 Å². The normalized spacial score (nSPS) is 14.7. The molecule has 0 atom stereocenters. The molecule has 0 spiro atoms. The summed E-state index contributed by atoms with van der Waals surface area (Å²) >= 11 is 0. The van der Waals surface area contributed by atoms with Crippen molar-refractivity contribution in [2.24, 2.45) is 0 Å². The number of carbonyl (C=O) groups excluding carboxylic acids is 2. The van der Waals surface area contributed by atoms with Gasteiger partial charge in [-0.15, -0.1) is 0 Å². The highest BCUT2D eigenvalue weighted by atomic mass is 16.5. The zero-order valence-corrected chi connectivity index (χ0v) is 20.4. The molecule has 1 aliphatic rings. The van der Waals surface area contributed by atoms with Crippen molar-refractivity contribution in [3.05, 3.63) is 112 Å². The lowest BCUT2D eigenvalue weighted by molar-refractivity contribution is -0.136. The number of anilines is 1. The summed E-state index contributed by atoms with van der Waals surface area (Å²) in [4.78, 5) is 27.9. The number of rotatable bonds is 7. The van der Waals surface area contributed by atoms with Gasteiger partial charge in [0.25, 0.3) is 5.91 Å². The maximum Gasteiger partial charge on any atom is 0.340 e. The summed E-state index contributed by atoms with van der Waals surface area (Å²) in [6, 6.07) is 25.2. The van der Waals surface area contributed by atoms with E-state index in [2.05, 4.69) is 13.8 Å². The van der Waals surface area contributed by atoms with E-state index < -0.39 is 5.97 Å². The Kier molecular flexibility index (Phi) is 7.16. The van der Waals surface area contributed by atoms with Crippen LogP contribution in [0.25, 0.3) is 6.08 Å². The minimum Gasteiger partial charge on any atom is -0.488 e. The number of hydrogen-bond acceptors (Lipinski definition) is 4. The number of para-hydroxylation sites is 1. The smallest absolute Gasteiger partial charge is 0.340 e. The van der Waals surface area contributed by atoms with E-state index in [-0.39, 0.29) is 17.1 Å². The van der Waals surface area contributed by atoms with Gasteiger partial charge in [0, 0.05) is 16.9 Å². The van der Waals surface area contributed by atoms with Gasteiger partial charge in [0.1, 0.15) is 12.4 Å². The number of methoxy groups -OCH3 is 1. The van der Waals surface area contributed by atoms with E-state index in [0.717, 1.165) is 5.56 Å². The summed E-state index contributed by atoms with van der Waals surface area (Å²) in [5.74, 6) is 0.172. The fourth-order valence-electron chi connectivity index (χ4n) is 4.12. The molecule has 0 aliphatic carbocycles. The van der Waals surface area contributed by atoms with Gasteiger partial charge in [-0.1, -0.05) is 74.5 Å². The summed E-state index contributed by atoms with van der Waals surface area (Å²) in [5.41, 5.74) is 4.69. The molecule has 0 saturated carbocycles. The van der Waals surface area contributed by atoms with Gasteiger partial charge in [-0.05, 0) is 48.2 Å². The standard InChI is InChI=1S/C30H29NO4/c1-20(2)23-14-16-25(17-15-23)31-21(3)28(30(33)34-4)26(29(31)32)18-24-12-8-9-13-27(24)35-19-22-10-6-5-7-11-22/h5-18,20H,19H2,1-4H3/b26-18-. The first-order valence-corrected chi connectivity index (χ1v) is 11.6. The van der Waals surface area contributed by atoms with E-state index in [1.165, 1.54) is 12.7 Å². The highest BCUT2D eigenvalue weighted by Gasteiger charge is 2.38. The molecule has 1 amide bonds. The zero-order chi connectivity index (χ0) is 24.9. The monoisotopic (exact) mass is 467 g/mol. The molecule has 0 radical (unpaired) electrons. The van der Waals surface area contributed by atoms with Crippen molar-refractivity contribution < 1.29 is 19.1 Å². The van der Waals surface area contributed by atoms with Crippen molar-refractivity contribution in [2.75, 3.05) is 12.0 Å². The van der Waals surface area contributed by atoms with Crippen molar-refractivity contribution in [2.45, 2.75) is 33.3 Å². The predicted molar refractivity (Wildman–Crippen MR) is 138 cm³/mol. The first kappa shape index (κ1) is 24.0. The molecule has 0 N–H and O–H groups in total. The summed E-state index contributed by atoms with van der Waals surface area (Å²) in [6.07, 6.45) is 1.71. The minimum atomic E-state index is -0.550. The van der Waals surface area contributed by atoms with Crippen molar-refractivity contribution in [1.29, 1.82) is 0 Å². The Morgan fingerprint density at radius 1 is 0.943 bits per heavy atom. The highest BCUT2D eigenvalue weighted by molar-refractivity contribution is 6.23. The number of ether oxygens (including phenoxy) is 2. The summed E-state index contributed by atoms with van der Waals surface area (Å²) in [5, 5.41) is 0. The highest BCUT2D eigenvalue weighted by Crippen LogP contribution is 2.37. The Labute approximate surface area is 206 Å². The van der Waals surface area contributed by atoms with Crippen LogP contribution < -0.4 is 9.64 Å². The quantitative estimate of drug-likeness (QED) is 0.304. The lowest BCUT2D eigenvalue weighted by Crippen LogP contribution is -2.24. The number of esters is 1. The summed E-state index contributed by atoms with van der Waals surface area (Å²) < 4.78 is 11.1. The lowest BCUT2D eigenvalue weighted by atomic mass is 10.0. The number of hydrogen-bond donors (Lipinski definition) is 0. The van der Waals surface area contributed by atoms with Crippen molar-refractivity contribution in [1.82, 2.24) is 0 Å². The predicted octanol–water partition coefficient (Wildman–Crippen LogP) is 6.27. The summed E-state index contributed by atoms with van der Waals surface area (Å²) in [6.45, 7) is 6.39. The van der Waals surface area contributed by atoms with Crippen LogP contribution in [-0.2, 0) is 20.9 Å². The van der Waals surface area contributed by atoms with Crippen molar-refractivity contribution >= 4 is 23.6 Å². The van der Waals surface area contributed by atoms with Crippen LogP contribution in [0.3, 0.4) is 0 Å². The van der Waals surface area contributed by atoms with Crippen LogP contribution in [0.2, 0.25) is 0 Å². The number of amides is 1. The molecule has 4 rings (SSSR count). The van der Waals surface area contributed by atoms with E-state index in [1.54, 1.807) is 17.9 Å². The zero-order valence-electron chi connectivity index (χ0n) is 20.4. The number of carbonyl (C=O) groups is 2. The molecule has 0 saturated heterocycles. The van der Waals surface area contributed by atoms with Gasteiger partial charge >= 0.3 is 5.97 Å². The van der Waals surface area contributed by atoms with Crippen LogP contribution in [0.5, 0.6) is 5.75 Å². The van der Waals surface area contributed by atoms with Gasteiger partial charge in [-0.25, -0.2) is 4.79 Å². The number of benzene rings is 3. The second-order valence-electron chi connectivity index (χ2n) is 8.71. The summed E-state index contributed by atoms with van der Waals surface area (Å²) in [7, 11) is 1.32. The molecule has 5 heteroatoms. The second-order valence-corrected chi connectivity index (χ2v) is 8.71. The molecule has 3 aromatic carbocycles. The molecule has 0 fully saturated rings. The SMILES string of the molecule is COC(=O)C1=C(C)N(c2ccc(C(C)C)cc2)C(=O)/C1=C\c1ccccc1OCc1ccccc1. The van der Waals surface area contributed by atoms with Crippen LogP contribution in [0.1, 0.15) is 43.4 Å². The minimum absolute atomic E-state index is 0.253. The third-order valence-electron chi connectivity index (χ3n) is 6.06. The van der Waals surface area contributed by atoms with Crippen LogP contribution in [0.15, 0.2) is 95.7 Å². The Bertz CT molecular complexity index is 1290. The largest absolute Gasteiger partial charge is 0.488 e. The van der Waals surface area contributed by atoms with E-state index in [4.69, 9.17) is 9.47 Å². The maximum absolute atomic E-state index is 13.6. The van der Waals surface area contributed by atoms with Gasteiger partial charge in [0.2, 0.25) is 0 Å². The molecule has 0 unspecified atom stereocenters. The molecule has 5 nitrogen and oxygen atoms in total. The fraction of sp³-hybridized carbons (Fsp3) is 0.200. The Hall–Kier alpha value is -4.12. The Balaban J connectivity index is 1.71. The van der Waals surface area contributed by atoms with Crippen molar-refractivity contribution in [3.63, 3.8) is 0 Å². The molecule has 35 heavy (non-hydrogen) atoms. The first-order valence-electron chi connectivity index (χ1n) is 11.6. The van der Waals surface area contributed by atoms with E-state index >= 15 is 0 Å². The molecular weight excluding hydrogens is 438 g/mol. The van der Waals surface area contributed by atoms with Crippen LogP contribution >= 0.6 is 0 Å². The van der Waals surface area contributed by atoms with E-state index in [0.29, 0.717) is 35.2 Å². The second kappa shape index (κ2) is 10.4. The first-order chi connectivity index (χ1) is 16.9. The average molecular weight is 468 g/mol. The molecule has 178 valence electrons. The fourth-order valence-corrected chi connectivity index (χ4v) is 4.12. The molecular formula is C30H29NO4. The third kappa shape index (κ3) is 5.04. The number of allylic oxidation sites excluding steroid dienone is 1. The van der Waals surface area contributed by atoms with Crippen LogP contribution in [0.4, 0.5) is 5.69 Å². The Morgan fingerprint density at radius 2 is 1.60 bits per heavy atom. The number of nitrogens with zero attached hydrogens (tertiary/aromatic N) is 1. The average Bonchev–Trinajstić information content (AvgIpc) is 3.12. The van der Waals surface area contributed by atoms with Gasteiger partial charge < -0.3 is 9.47 Å². The van der Waals surface area contributed by atoms with Gasteiger partial charge in [-0.3, -0.25) is 9.69 Å². The maximum atomic E-state index is 13.6. The molecule has 3 aromatic rings. The van der Waals surface area contributed by atoms with Crippen LogP contribution in [-0.4, -0.2) is 19.0 Å². The molecule has 1 heterocycles. The van der Waals surface area contributed by atoms with Gasteiger partial charge in [-0.2, -0.15) is 0 Å². The van der Waals surface area contributed by atoms with Crippen molar-refractivity contribution in [3.8, 4) is 5.75 Å².